The maximum atomic E-state index is 12.1. The van der Waals surface area contributed by atoms with E-state index in [4.69, 9.17) is 5.11 Å². The van der Waals surface area contributed by atoms with E-state index < -0.39 is 10.0 Å². The van der Waals surface area contributed by atoms with E-state index >= 15 is 0 Å². The highest BCUT2D eigenvalue weighted by Gasteiger charge is 2.19. The van der Waals surface area contributed by atoms with E-state index in [9.17, 15) is 8.42 Å². The van der Waals surface area contributed by atoms with E-state index in [1.54, 1.807) is 0 Å². The third-order valence-corrected chi connectivity index (χ3v) is 4.61. The Morgan fingerprint density at radius 2 is 2.15 bits per heavy atom. The molecule has 1 heterocycles. The zero-order valence-electron chi connectivity index (χ0n) is 12.2. The molecular weight excluding hydrogens is 278 g/mol. The number of aryl methyl sites for hydroxylation is 1. The predicted molar refractivity (Wildman–Crippen MR) is 77.9 cm³/mol. The van der Waals surface area contributed by atoms with Gasteiger partial charge in [-0.05, 0) is 19.8 Å². The molecule has 0 spiro atoms. The number of aliphatic hydroxyl groups excluding tert-OH is 1. The number of aliphatic hydroxyl groups is 1. The molecule has 0 bridgehead atoms. The molecule has 0 fully saturated rings. The van der Waals surface area contributed by atoms with Gasteiger partial charge < -0.3 is 5.11 Å². The third kappa shape index (κ3) is 5.60. The lowest BCUT2D eigenvalue weighted by Gasteiger charge is -2.12. The number of aromatic nitrogens is 2. The predicted octanol–water partition coefficient (Wildman–Crippen LogP) is 1.51. The molecule has 0 radical (unpaired) electrons. The van der Waals surface area contributed by atoms with Crippen LogP contribution in [-0.4, -0.2) is 36.0 Å². The lowest BCUT2D eigenvalue weighted by Crippen LogP contribution is -2.32. The highest BCUT2D eigenvalue weighted by molar-refractivity contribution is 7.89. The zero-order valence-corrected chi connectivity index (χ0v) is 13.1. The van der Waals surface area contributed by atoms with Crippen molar-refractivity contribution in [3.05, 3.63) is 12.4 Å². The molecule has 0 aliphatic carbocycles. The maximum Gasteiger partial charge on any atom is 0.243 e. The first-order valence-corrected chi connectivity index (χ1v) is 8.63. The Bertz CT molecular complexity index is 485. The number of unbranched alkanes of at least 4 members (excludes halogenated alkanes) is 2. The molecule has 0 saturated heterocycles. The molecule has 20 heavy (non-hydrogen) atoms. The van der Waals surface area contributed by atoms with Crippen LogP contribution in [0.15, 0.2) is 17.3 Å². The summed E-state index contributed by atoms with van der Waals surface area (Å²) in [6.07, 6.45) is 7.50. The van der Waals surface area contributed by atoms with E-state index in [0.29, 0.717) is 13.0 Å². The molecule has 1 aromatic rings. The second-order valence-corrected chi connectivity index (χ2v) is 6.75. The molecule has 1 rings (SSSR count). The van der Waals surface area contributed by atoms with Gasteiger partial charge in [-0.2, -0.15) is 5.10 Å². The van der Waals surface area contributed by atoms with E-state index in [1.807, 2.05) is 6.92 Å². The van der Waals surface area contributed by atoms with Crippen molar-refractivity contribution in [1.82, 2.24) is 14.5 Å². The van der Waals surface area contributed by atoms with Gasteiger partial charge in [-0.15, -0.1) is 0 Å². The van der Waals surface area contributed by atoms with Crippen LogP contribution >= 0.6 is 0 Å². The fourth-order valence-corrected chi connectivity index (χ4v) is 3.16. The largest absolute Gasteiger partial charge is 0.396 e. The topological polar surface area (TPSA) is 84.2 Å². The third-order valence-electron chi connectivity index (χ3n) is 3.06. The Morgan fingerprint density at radius 1 is 1.40 bits per heavy atom. The van der Waals surface area contributed by atoms with Crippen molar-refractivity contribution in [3.63, 3.8) is 0 Å². The van der Waals surface area contributed by atoms with Crippen LogP contribution < -0.4 is 4.72 Å². The van der Waals surface area contributed by atoms with E-state index in [-0.39, 0.29) is 17.5 Å². The highest BCUT2D eigenvalue weighted by Crippen LogP contribution is 2.10. The molecule has 0 amide bonds. The van der Waals surface area contributed by atoms with Crippen LogP contribution in [0.3, 0.4) is 0 Å². The standard InChI is InChI=1S/C13H25N3O3S/c1-3-4-5-7-12(2)15-20(18,19)13-10-14-16(11-13)8-6-9-17/h10-12,15,17H,3-9H2,1-2H3. The summed E-state index contributed by atoms with van der Waals surface area (Å²) < 4.78 is 28.5. The molecule has 1 unspecified atom stereocenters. The van der Waals surface area contributed by atoms with Crippen molar-refractivity contribution in [1.29, 1.82) is 0 Å². The molecule has 0 aliphatic heterocycles. The Morgan fingerprint density at radius 3 is 2.80 bits per heavy atom. The van der Waals surface area contributed by atoms with Crippen molar-refractivity contribution >= 4 is 10.0 Å². The summed E-state index contributed by atoms with van der Waals surface area (Å²) >= 11 is 0. The van der Waals surface area contributed by atoms with Crippen molar-refractivity contribution in [2.75, 3.05) is 6.61 Å². The van der Waals surface area contributed by atoms with Gasteiger partial charge in [0.1, 0.15) is 4.90 Å². The van der Waals surface area contributed by atoms with E-state index in [2.05, 4.69) is 16.7 Å². The summed E-state index contributed by atoms with van der Waals surface area (Å²) in [6.45, 7) is 4.58. The van der Waals surface area contributed by atoms with Gasteiger partial charge in [0.2, 0.25) is 10.0 Å². The Balaban J connectivity index is 2.57. The summed E-state index contributed by atoms with van der Waals surface area (Å²) in [6, 6.07) is -0.0765. The van der Waals surface area contributed by atoms with Crippen LogP contribution in [-0.2, 0) is 16.6 Å². The van der Waals surface area contributed by atoms with Gasteiger partial charge in [-0.1, -0.05) is 26.2 Å². The normalized spacial score (nSPS) is 13.6. The van der Waals surface area contributed by atoms with Gasteiger partial charge in [0, 0.05) is 25.4 Å². The number of sulfonamides is 1. The minimum atomic E-state index is -3.50. The van der Waals surface area contributed by atoms with E-state index in [1.165, 1.54) is 17.1 Å². The summed E-state index contributed by atoms with van der Waals surface area (Å²) in [4.78, 5) is 0.179. The number of hydrogen-bond acceptors (Lipinski definition) is 4. The molecule has 0 saturated carbocycles. The molecule has 0 aromatic carbocycles. The van der Waals surface area contributed by atoms with Crippen molar-refractivity contribution in [2.45, 2.75) is 63.4 Å². The fourth-order valence-electron chi connectivity index (χ4n) is 1.93. The first-order valence-electron chi connectivity index (χ1n) is 7.15. The second-order valence-electron chi connectivity index (χ2n) is 5.03. The lowest BCUT2D eigenvalue weighted by molar-refractivity contribution is 0.277. The molecular formula is C13H25N3O3S. The van der Waals surface area contributed by atoms with Crippen LogP contribution in [0.1, 0.15) is 46.0 Å². The lowest BCUT2D eigenvalue weighted by atomic mass is 10.1. The van der Waals surface area contributed by atoms with Crippen molar-refractivity contribution in [3.8, 4) is 0 Å². The second kappa shape index (κ2) is 8.39. The minimum Gasteiger partial charge on any atom is -0.396 e. The summed E-state index contributed by atoms with van der Waals surface area (Å²) in [5.74, 6) is 0. The van der Waals surface area contributed by atoms with Crippen LogP contribution in [0, 0.1) is 0 Å². The van der Waals surface area contributed by atoms with Crippen LogP contribution in [0.2, 0.25) is 0 Å². The molecule has 6 nitrogen and oxygen atoms in total. The quantitative estimate of drug-likeness (QED) is 0.642. The van der Waals surface area contributed by atoms with Gasteiger partial charge >= 0.3 is 0 Å². The maximum absolute atomic E-state index is 12.1. The average Bonchev–Trinajstić information content (AvgIpc) is 2.85. The Labute approximate surface area is 121 Å². The smallest absolute Gasteiger partial charge is 0.243 e. The first-order chi connectivity index (χ1) is 9.49. The first kappa shape index (κ1) is 17.1. The van der Waals surface area contributed by atoms with Crippen LogP contribution in [0.4, 0.5) is 0 Å². The van der Waals surface area contributed by atoms with Gasteiger partial charge in [0.15, 0.2) is 0 Å². The van der Waals surface area contributed by atoms with Crippen molar-refractivity contribution in [2.24, 2.45) is 0 Å². The minimum absolute atomic E-state index is 0.0641. The Kier molecular flexibility index (Phi) is 7.18. The summed E-state index contributed by atoms with van der Waals surface area (Å²) in [7, 11) is -3.50. The van der Waals surface area contributed by atoms with Gasteiger partial charge in [0.25, 0.3) is 0 Å². The van der Waals surface area contributed by atoms with Crippen LogP contribution in [0.25, 0.3) is 0 Å². The number of nitrogens with zero attached hydrogens (tertiary/aromatic N) is 2. The molecule has 2 N–H and O–H groups in total. The molecule has 7 heteroatoms. The summed E-state index contributed by atoms with van der Waals surface area (Å²) in [5, 5.41) is 12.7. The highest BCUT2D eigenvalue weighted by atomic mass is 32.2. The zero-order chi connectivity index (χ0) is 15.0. The molecule has 1 atom stereocenters. The number of hydrogen-bond donors (Lipinski definition) is 2. The number of rotatable bonds is 10. The van der Waals surface area contributed by atoms with Gasteiger partial charge in [-0.3, -0.25) is 4.68 Å². The van der Waals surface area contributed by atoms with Crippen molar-refractivity contribution < 1.29 is 13.5 Å². The van der Waals surface area contributed by atoms with Gasteiger partial charge in [-0.25, -0.2) is 13.1 Å². The fraction of sp³-hybridized carbons (Fsp3) is 0.769. The Hall–Kier alpha value is -0.920. The monoisotopic (exact) mass is 303 g/mol. The van der Waals surface area contributed by atoms with Crippen LogP contribution in [0.5, 0.6) is 0 Å². The number of nitrogens with one attached hydrogen (secondary N) is 1. The SMILES string of the molecule is CCCCCC(C)NS(=O)(=O)c1cnn(CCCO)c1. The average molecular weight is 303 g/mol. The molecule has 116 valence electrons. The molecule has 0 aliphatic rings. The van der Waals surface area contributed by atoms with E-state index in [0.717, 1.165) is 25.7 Å². The summed E-state index contributed by atoms with van der Waals surface area (Å²) in [5.41, 5.74) is 0. The molecule has 1 aromatic heterocycles. The van der Waals surface area contributed by atoms with Gasteiger partial charge in [0.05, 0.1) is 6.20 Å².